The lowest BCUT2D eigenvalue weighted by Gasteiger charge is -2.24. The molecule has 6 nitrogen and oxygen atoms in total. The molecule has 0 bridgehead atoms. The van der Waals surface area contributed by atoms with E-state index in [4.69, 9.17) is 4.74 Å². The van der Waals surface area contributed by atoms with Gasteiger partial charge >= 0.3 is 5.97 Å². The lowest BCUT2D eigenvalue weighted by Crippen LogP contribution is -2.48. The molecule has 2 amide bonds. The monoisotopic (exact) mass is 413 g/mol. The van der Waals surface area contributed by atoms with Crippen molar-refractivity contribution in [1.29, 1.82) is 0 Å². The van der Waals surface area contributed by atoms with Crippen LogP contribution in [0.5, 0.6) is 5.75 Å². The highest BCUT2D eigenvalue weighted by atomic mass is 16.5. The lowest BCUT2D eigenvalue weighted by atomic mass is 10.0. The number of esters is 1. The Labute approximate surface area is 179 Å². The van der Waals surface area contributed by atoms with Gasteiger partial charge in [-0.15, -0.1) is 0 Å². The molecule has 0 aliphatic carbocycles. The summed E-state index contributed by atoms with van der Waals surface area (Å²) in [5.74, 6) is -1.65. The smallest absolute Gasteiger partial charge is 0.335 e. The summed E-state index contributed by atoms with van der Waals surface area (Å²) in [6, 6.07) is 20.6. The molecule has 0 N–H and O–H groups in total. The number of ether oxygens (including phenoxy) is 1. The number of ketones is 1. The van der Waals surface area contributed by atoms with Crippen LogP contribution in [0.4, 0.5) is 0 Å². The molecule has 3 aromatic carbocycles. The molecule has 154 valence electrons. The molecule has 0 spiro atoms. The van der Waals surface area contributed by atoms with Gasteiger partial charge in [-0.25, -0.2) is 4.79 Å². The largest absolute Gasteiger partial charge is 0.425 e. The highest BCUT2D eigenvalue weighted by Crippen LogP contribution is 2.27. The van der Waals surface area contributed by atoms with Gasteiger partial charge in [0.05, 0.1) is 11.1 Å². The molecule has 0 saturated heterocycles. The Hall–Kier alpha value is -4.06. The Morgan fingerprint density at radius 1 is 0.806 bits per heavy atom. The molecule has 0 aromatic heterocycles. The second-order valence-corrected chi connectivity index (χ2v) is 7.23. The second kappa shape index (κ2) is 8.36. The number of imide groups is 1. The summed E-state index contributed by atoms with van der Waals surface area (Å²) >= 11 is 0. The normalized spacial score (nSPS) is 13.6. The van der Waals surface area contributed by atoms with Crippen molar-refractivity contribution in [3.63, 3.8) is 0 Å². The number of Topliss-reactive ketones (excluding diaryl/α,β-unsaturated/α-hetero) is 1. The molecule has 0 fully saturated rings. The molecule has 1 atom stereocenters. The minimum Gasteiger partial charge on any atom is -0.425 e. The van der Waals surface area contributed by atoms with E-state index in [0.717, 1.165) is 10.5 Å². The van der Waals surface area contributed by atoms with Crippen LogP contribution in [0.15, 0.2) is 78.9 Å². The Balaban J connectivity index is 1.65. The van der Waals surface area contributed by atoms with Crippen LogP contribution in [0.25, 0.3) is 0 Å². The van der Waals surface area contributed by atoms with Crippen LogP contribution in [-0.4, -0.2) is 34.5 Å². The number of rotatable bonds is 6. The predicted octanol–water partition coefficient (Wildman–Crippen LogP) is 3.70. The van der Waals surface area contributed by atoms with Crippen molar-refractivity contribution in [1.82, 2.24) is 4.90 Å². The topological polar surface area (TPSA) is 80.8 Å². The number of hydrogen-bond donors (Lipinski definition) is 0. The first-order valence-corrected chi connectivity index (χ1v) is 9.79. The maximum atomic E-state index is 13.1. The molecule has 4 rings (SSSR count). The zero-order valence-electron chi connectivity index (χ0n) is 16.8. The van der Waals surface area contributed by atoms with Crippen molar-refractivity contribution in [2.24, 2.45) is 0 Å². The van der Waals surface area contributed by atoms with Gasteiger partial charge in [-0.3, -0.25) is 19.3 Å². The standard InChI is InChI=1S/C25H19NO5/c1-16(27)18-11-13-19(14-12-18)31-25(30)22(15-17-7-3-2-4-8-17)26-23(28)20-9-5-6-10-21(20)24(26)29/h2-14,22H,15H2,1H3. The number of fused-ring (bicyclic) bond motifs is 1. The van der Waals surface area contributed by atoms with E-state index in [0.29, 0.717) is 5.56 Å². The van der Waals surface area contributed by atoms with Gasteiger partial charge in [0.2, 0.25) is 0 Å². The van der Waals surface area contributed by atoms with E-state index in [1.54, 1.807) is 36.4 Å². The van der Waals surface area contributed by atoms with Crippen LogP contribution < -0.4 is 4.74 Å². The number of carbonyl (C=O) groups excluding carboxylic acids is 4. The molecular formula is C25H19NO5. The molecule has 31 heavy (non-hydrogen) atoms. The molecule has 1 heterocycles. The van der Waals surface area contributed by atoms with Crippen LogP contribution in [-0.2, 0) is 11.2 Å². The molecular weight excluding hydrogens is 394 g/mol. The van der Waals surface area contributed by atoms with Gasteiger partial charge in [-0.2, -0.15) is 0 Å². The summed E-state index contributed by atoms with van der Waals surface area (Å²) < 4.78 is 5.50. The van der Waals surface area contributed by atoms with Gasteiger partial charge in [0.15, 0.2) is 5.78 Å². The van der Waals surface area contributed by atoms with Gasteiger partial charge in [-0.1, -0.05) is 42.5 Å². The van der Waals surface area contributed by atoms with Crippen LogP contribution in [0, 0.1) is 0 Å². The number of carbonyl (C=O) groups is 4. The summed E-state index contributed by atoms with van der Waals surface area (Å²) in [5, 5.41) is 0. The molecule has 0 radical (unpaired) electrons. The van der Waals surface area contributed by atoms with Gasteiger partial charge in [0.1, 0.15) is 11.8 Å². The third kappa shape index (κ3) is 4.00. The fourth-order valence-electron chi connectivity index (χ4n) is 3.55. The molecule has 6 heteroatoms. The van der Waals surface area contributed by atoms with Crippen LogP contribution >= 0.6 is 0 Å². The van der Waals surface area contributed by atoms with Gasteiger partial charge < -0.3 is 4.74 Å². The fraction of sp³-hybridized carbons (Fsp3) is 0.120. The summed E-state index contributed by atoms with van der Waals surface area (Å²) in [5.41, 5.74) is 1.81. The minimum absolute atomic E-state index is 0.106. The minimum atomic E-state index is -1.14. The third-order valence-corrected chi connectivity index (χ3v) is 5.16. The number of nitrogens with zero attached hydrogens (tertiary/aromatic N) is 1. The second-order valence-electron chi connectivity index (χ2n) is 7.23. The first-order valence-electron chi connectivity index (χ1n) is 9.79. The lowest BCUT2D eigenvalue weighted by molar-refractivity contribution is -0.138. The Morgan fingerprint density at radius 3 is 1.90 bits per heavy atom. The quantitative estimate of drug-likeness (QED) is 0.266. The highest BCUT2D eigenvalue weighted by Gasteiger charge is 2.43. The van der Waals surface area contributed by atoms with Crippen LogP contribution in [0.3, 0.4) is 0 Å². The van der Waals surface area contributed by atoms with E-state index in [-0.39, 0.29) is 29.1 Å². The summed E-state index contributed by atoms with van der Waals surface area (Å²) in [6.07, 6.45) is 0.122. The summed E-state index contributed by atoms with van der Waals surface area (Å²) in [6.45, 7) is 1.44. The molecule has 3 aromatic rings. The van der Waals surface area contributed by atoms with Gasteiger partial charge in [0, 0.05) is 12.0 Å². The fourth-order valence-corrected chi connectivity index (χ4v) is 3.55. The van der Waals surface area contributed by atoms with E-state index >= 15 is 0 Å². The Kier molecular flexibility index (Phi) is 5.45. The molecule has 1 aliphatic rings. The zero-order valence-corrected chi connectivity index (χ0v) is 16.8. The summed E-state index contributed by atoms with van der Waals surface area (Å²) in [7, 11) is 0. The van der Waals surface area contributed by atoms with Crippen molar-refractivity contribution in [3.8, 4) is 5.75 Å². The van der Waals surface area contributed by atoms with Crippen molar-refractivity contribution < 1.29 is 23.9 Å². The first kappa shape index (κ1) is 20.2. The average Bonchev–Trinajstić information content (AvgIpc) is 3.03. The number of hydrogen-bond acceptors (Lipinski definition) is 5. The predicted molar refractivity (Wildman–Crippen MR) is 113 cm³/mol. The number of amides is 2. The first-order chi connectivity index (χ1) is 15.0. The van der Waals surface area contributed by atoms with Gasteiger partial charge in [0.25, 0.3) is 11.8 Å². The maximum absolute atomic E-state index is 13.1. The van der Waals surface area contributed by atoms with Crippen molar-refractivity contribution in [2.45, 2.75) is 19.4 Å². The van der Waals surface area contributed by atoms with E-state index in [9.17, 15) is 19.2 Å². The van der Waals surface area contributed by atoms with E-state index in [1.165, 1.54) is 19.1 Å². The van der Waals surface area contributed by atoms with E-state index < -0.39 is 23.8 Å². The highest BCUT2D eigenvalue weighted by molar-refractivity contribution is 6.22. The SMILES string of the molecule is CC(=O)c1ccc(OC(=O)C(Cc2ccccc2)N2C(=O)c3ccccc3C2=O)cc1. The number of benzene rings is 3. The van der Waals surface area contributed by atoms with Crippen molar-refractivity contribution in [2.75, 3.05) is 0 Å². The summed E-state index contributed by atoms with van der Waals surface area (Å²) in [4.78, 5) is 51.5. The van der Waals surface area contributed by atoms with Gasteiger partial charge in [-0.05, 0) is 48.9 Å². The molecule has 1 unspecified atom stereocenters. The average molecular weight is 413 g/mol. The Bertz CT molecular complexity index is 1130. The van der Waals surface area contributed by atoms with E-state index in [1.807, 2.05) is 30.3 Å². The molecule has 1 aliphatic heterocycles. The maximum Gasteiger partial charge on any atom is 0.335 e. The van der Waals surface area contributed by atoms with Crippen molar-refractivity contribution in [3.05, 3.63) is 101 Å². The van der Waals surface area contributed by atoms with Crippen molar-refractivity contribution >= 4 is 23.6 Å². The third-order valence-electron chi connectivity index (χ3n) is 5.16. The van der Waals surface area contributed by atoms with E-state index in [2.05, 4.69) is 0 Å². The molecule has 0 saturated carbocycles. The zero-order chi connectivity index (χ0) is 22.0. The van der Waals surface area contributed by atoms with Crippen LogP contribution in [0.2, 0.25) is 0 Å². The van der Waals surface area contributed by atoms with Crippen LogP contribution in [0.1, 0.15) is 43.6 Å². The Morgan fingerprint density at radius 2 is 1.35 bits per heavy atom.